The second kappa shape index (κ2) is 15.6. The summed E-state index contributed by atoms with van der Waals surface area (Å²) < 4.78 is 0. The van der Waals surface area contributed by atoms with Crippen LogP contribution >= 0.6 is 0 Å². The molecule has 6 rings (SSSR count). The topological polar surface area (TPSA) is 121 Å². The molecular weight excluding hydrogens is 638 g/mol. The number of hydrogen-bond donors (Lipinski definition) is 6. The Labute approximate surface area is 311 Å². The molecule has 0 aromatic heterocycles. The van der Waals surface area contributed by atoms with Gasteiger partial charge < -0.3 is 30.6 Å². The maximum Gasteiger partial charge on any atom is 1.00 e. The first-order chi connectivity index (χ1) is 21.3. The molecule has 7 heteroatoms. The van der Waals surface area contributed by atoms with E-state index < -0.39 is 0 Å². The van der Waals surface area contributed by atoms with E-state index in [1.54, 1.807) is 72.8 Å². The van der Waals surface area contributed by atoms with Gasteiger partial charge in [0.2, 0.25) is 0 Å². The van der Waals surface area contributed by atoms with Crippen LogP contribution in [0.25, 0.3) is 0 Å². The summed E-state index contributed by atoms with van der Waals surface area (Å²) >= 11 is 0. The Balaban J connectivity index is 0.000000200. The van der Waals surface area contributed by atoms with Crippen LogP contribution in [0.1, 0.15) is 33.4 Å². The van der Waals surface area contributed by atoms with E-state index >= 15 is 0 Å². The van der Waals surface area contributed by atoms with Crippen LogP contribution in [0.5, 0.6) is 34.5 Å². The van der Waals surface area contributed by atoms with Gasteiger partial charge in [0, 0.05) is 0 Å². The van der Waals surface area contributed by atoms with Crippen molar-refractivity contribution in [2.24, 2.45) is 0 Å². The van der Waals surface area contributed by atoms with Crippen LogP contribution in [-0.2, 0) is 0 Å². The fourth-order valence-electron chi connectivity index (χ4n) is 4.77. The molecular formula is C38H30O6Rb-. The largest absolute Gasteiger partial charge is 1.00 e. The minimum Gasteiger partial charge on any atom is -0.509 e. The maximum absolute atomic E-state index is 9.48. The standard InChI is InChI=1S/2C19H15O3.Rb/c2*20-16-7-1-13(2-8-16)19(14-3-9-17(21)10-4-14)15-5-11-18(22)12-6-15;/h2*1-12,20-22H;/q2*-1;+1. The van der Waals surface area contributed by atoms with Gasteiger partial charge in [-0.1, -0.05) is 118 Å². The van der Waals surface area contributed by atoms with Crippen molar-refractivity contribution < 1.29 is 88.8 Å². The summed E-state index contributed by atoms with van der Waals surface area (Å²) in [4.78, 5) is 0. The first-order valence-corrected chi connectivity index (χ1v) is 13.8. The van der Waals surface area contributed by atoms with Gasteiger partial charge in [-0.05, 0) is 72.8 Å². The average Bonchev–Trinajstić information content (AvgIpc) is 3.03. The molecule has 0 fully saturated rings. The normalized spacial score (nSPS) is 10.1. The number of hydrogen-bond acceptors (Lipinski definition) is 6. The second-order valence-electron chi connectivity index (χ2n) is 10.0. The predicted octanol–water partition coefficient (Wildman–Crippen LogP) is 4.65. The van der Waals surface area contributed by atoms with E-state index in [2.05, 4.69) is 0 Å². The minimum absolute atomic E-state index is 0. The zero-order valence-electron chi connectivity index (χ0n) is 24.5. The molecule has 0 amide bonds. The van der Waals surface area contributed by atoms with Gasteiger partial charge in [0.15, 0.2) is 0 Å². The SMILES string of the molecule is Oc1ccc([C-](c2ccc(O)cc2)c2ccc(O)cc2)cc1.Oc1ccc([C-](c2ccc(O)cc2)c2ccc(O)cc2)cc1.[Rb+]. The first-order valence-electron chi connectivity index (χ1n) is 13.8. The van der Waals surface area contributed by atoms with Gasteiger partial charge in [-0.15, -0.1) is 0 Å². The second-order valence-corrected chi connectivity index (χ2v) is 10.0. The number of rotatable bonds is 6. The van der Waals surface area contributed by atoms with Gasteiger partial charge in [0.1, 0.15) is 34.5 Å². The van der Waals surface area contributed by atoms with Gasteiger partial charge in [0.05, 0.1) is 0 Å². The van der Waals surface area contributed by atoms with Crippen LogP contribution in [-0.4, -0.2) is 30.6 Å². The molecule has 220 valence electrons. The first kappa shape index (κ1) is 33.6. The Morgan fingerprint density at radius 1 is 0.222 bits per heavy atom. The van der Waals surface area contributed by atoms with Crippen LogP contribution < -0.4 is 58.2 Å². The molecule has 0 spiro atoms. The summed E-state index contributed by atoms with van der Waals surface area (Å²) in [5.41, 5.74) is 5.63. The molecule has 0 radical (unpaired) electrons. The van der Waals surface area contributed by atoms with E-state index in [1.807, 2.05) is 72.8 Å². The van der Waals surface area contributed by atoms with Crippen molar-refractivity contribution in [1.29, 1.82) is 0 Å². The molecule has 6 aromatic rings. The molecule has 0 aliphatic carbocycles. The van der Waals surface area contributed by atoms with Gasteiger partial charge in [0.25, 0.3) is 0 Å². The van der Waals surface area contributed by atoms with Gasteiger partial charge in [-0.25, -0.2) is 0 Å². The number of phenols is 6. The molecule has 45 heavy (non-hydrogen) atoms. The monoisotopic (exact) mass is 667 g/mol. The van der Waals surface area contributed by atoms with Crippen molar-refractivity contribution in [3.8, 4) is 34.5 Å². The summed E-state index contributed by atoms with van der Waals surface area (Å²) in [5, 5.41) is 56.9. The molecule has 6 aromatic carbocycles. The summed E-state index contributed by atoms with van der Waals surface area (Å²) in [7, 11) is 0. The molecule has 0 saturated heterocycles. The summed E-state index contributed by atoms with van der Waals surface area (Å²) in [5.74, 6) is 3.16. The molecule has 6 nitrogen and oxygen atoms in total. The molecule has 0 saturated carbocycles. The molecule has 0 unspecified atom stereocenters. The van der Waals surface area contributed by atoms with Crippen LogP contribution in [0.15, 0.2) is 146 Å². The Kier molecular flexibility index (Phi) is 11.6. The molecule has 0 aliphatic rings. The van der Waals surface area contributed by atoms with E-state index in [4.69, 9.17) is 0 Å². The van der Waals surface area contributed by atoms with E-state index in [-0.39, 0.29) is 92.7 Å². The quantitative estimate of drug-likeness (QED) is 0.114. The molecule has 6 N–H and O–H groups in total. The van der Waals surface area contributed by atoms with Crippen molar-refractivity contribution in [3.05, 3.63) is 191 Å². The van der Waals surface area contributed by atoms with Gasteiger partial charge >= 0.3 is 58.2 Å². The molecule has 0 aliphatic heterocycles. The van der Waals surface area contributed by atoms with Gasteiger partial charge in [-0.3, -0.25) is 0 Å². The van der Waals surface area contributed by atoms with E-state index in [0.717, 1.165) is 45.2 Å². The number of phenolic OH excluding ortho intramolecular Hbond substituents is 6. The van der Waals surface area contributed by atoms with E-state index in [1.165, 1.54) is 0 Å². The predicted molar refractivity (Wildman–Crippen MR) is 170 cm³/mol. The van der Waals surface area contributed by atoms with E-state index in [0.29, 0.717) is 0 Å². The molecule has 0 atom stereocenters. The van der Waals surface area contributed by atoms with E-state index in [9.17, 15) is 30.6 Å². The third-order valence-electron chi connectivity index (χ3n) is 6.94. The number of benzene rings is 6. The van der Waals surface area contributed by atoms with Crippen LogP contribution in [0.2, 0.25) is 0 Å². The van der Waals surface area contributed by atoms with Crippen LogP contribution in [0.4, 0.5) is 0 Å². The number of aromatic hydroxyl groups is 6. The van der Waals surface area contributed by atoms with Crippen LogP contribution in [0, 0.1) is 11.8 Å². The smallest absolute Gasteiger partial charge is 0.509 e. The zero-order chi connectivity index (χ0) is 31.1. The Morgan fingerprint density at radius 2 is 0.333 bits per heavy atom. The van der Waals surface area contributed by atoms with Crippen molar-refractivity contribution in [1.82, 2.24) is 0 Å². The fourth-order valence-corrected chi connectivity index (χ4v) is 4.77. The Hall–Kier alpha value is -4.33. The Bertz CT molecular complexity index is 1420. The Morgan fingerprint density at radius 3 is 0.444 bits per heavy atom. The van der Waals surface area contributed by atoms with Gasteiger partial charge in [-0.2, -0.15) is 0 Å². The van der Waals surface area contributed by atoms with Crippen molar-refractivity contribution >= 4 is 0 Å². The van der Waals surface area contributed by atoms with Crippen LogP contribution in [0.3, 0.4) is 0 Å². The minimum atomic E-state index is 0. The maximum atomic E-state index is 9.48. The summed E-state index contributed by atoms with van der Waals surface area (Å²) in [6, 6.07) is 41.7. The zero-order valence-corrected chi connectivity index (χ0v) is 29.5. The third-order valence-corrected chi connectivity index (χ3v) is 6.94. The van der Waals surface area contributed by atoms with Crippen molar-refractivity contribution in [3.63, 3.8) is 0 Å². The molecule has 0 heterocycles. The van der Waals surface area contributed by atoms with Crippen molar-refractivity contribution in [2.75, 3.05) is 0 Å². The third kappa shape index (κ3) is 8.87. The molecule has 0 bridgehead atoms. The summed E-state index contributed by atoms with van der Waals surface area (Å²) in [6.07, 6.45) is 0. The fraction of sp³-hybridized carbons (Fsp3) is 0. The summed E-state index contributed by atoms with van der Waals surface area (Å²) in [6.45, 7) is 0. The van der Waals surface area contributed by atoms with Crippen molar-refractivity contribution in [2.45, 2.75) is 0 Å². The average molecular weight is 668 g/mol.